The van der Waals surface area contributed by atoms with Gasteiger partial charge in [0, 0.05) is 29.8 Å². The summed E-state index contributed by atoms with van der Waals surface area (Å²) in [5.41, 5.74) is 0.755. The summed E-state index contributed by atoms with van der Waals surface area (Å²) in [4.78, 5) is 26.4. The van der Waals surface area contributed by atoms with E-state index in [1.807, 2.05) is 0 Å². The Balaban J connectivity index is 1.74. The minimum Gasteiger partial charge on any atom is -0.339 e. The van der Waals surface area contributed by atoms with Crippen molar-refractivity contribution in [2.24, 2.45) is 0 Å². The minimum absolute atomic E-state index is 0.0720. The fraction of sp³-hybridized carbons (Fsp3) is 0.500. The Labute approximate surface area is 157 Å². The van der Waals surface area contributed by atoms with Crippen LogP contribution in [0.5, 0.6) is 0 Å². The Kier molecular flexibility index (Phi) is 3.92. The van der Waals surface area contributed by atoms with Crippen LogP contribution in [0.25, 0.3) is 22.4 Å². The number of fused-ring (bicyclic) bond motifs is 1. The first-order valence-corrected chi connectivity index (χ1v) is 10.8. The Hall–Kier alpha value is -2.42. The molecule has 9 heteroatoms. The van der Waals surface area contributed by atoms with Crippen molar-refractivity contribution in [2.45, 2.75) is 55.6 Å². The van der Waals surface area contributed by atoms with Crippen molar-refractivity contribution in [3.63, 3.8) is 0 Å². The Morgan fingerprint density at radius 2 is 1.96 bits per heavy atom. The molecule has 2 saturated carbocycles. The molecule has 2 aliphatic rings. The molecule has 0 aromatic carbocycles. The number of pyridine rings is 1. The third-order valence-corrected chi connectivity index (χ3v) is 6.02. The highest BCUT2D eigenvalue weighted by atomic mass is 32.2. The lowest BCUT2D eigenvalue weighted by Crippen LogP contribution is -2.26. The summed E-state index contributed by atoms with van der Waals surface area (Å²) in [6, 6.07) is 1.79. The number of rotatable bonds is 4. The van der Waals surface area contributed by atoms with Crippen LogP contribution < -0.4 is 5.56 Å². The molecule has 1 atom stereocenters. The van der Waals surface area contributed by atoms with Crippen molar-refractivity contribution in [1.29, 1.82) is 0 Å². The lowest BCUT2D eigenvalue weighted by molar-refractivity contribution is 0.380. The summed E-state index contributed by atoms with van der Waals surface area (Å²) in [7, 11) is -1.31. The van der Waals surface area contributed by atoms with Crippen LogP contribution in [0.4, 0.5) is 0 Å². The van der Waals surface area contributed by atoms with Crippen LogP contribution in [-0.2, 0) is 10.8 Å². The molecule has 0 aliphatic heterocycles. The normalized spacial score (nSPS) is 19.0. The highest BCUT2D eigenvalue weighted by Gasteiger charge is 2.31. The topological polar surface area (TPSA) is 104 Å². The quantitative estimate of drug-likeness (QED) is 0.636. The van der Waals surface area contributed by atoms with E-state index in [4.69, 9.17) is 4.52 Å². The lowest BCUT2D eigenvalue weighted by atomic mass is 10.1. The van der Waals surface area contributed by atoms with Crippen LogP contribution >= 0.6 is 0 Å². The molecule has 5 rings (SSSR count). The van der Waals surface area contributed by atoms with Gasteiger partial charge in [0.25, 0.3) is 5.56 Å². The molecule has 0 amide bonds. The monoisotopic (exact) mass is 385 g/mol. The molecule has 1 unspecified atom stereocenters. The molecule has 27 heavy (non-hydrogen) atoms. The van der Waals surface area contributed by atoms with E-state index in [-0.39, 0.29) is 16.8 Å². The van der Waals surface area contributed by atoms with Crippen LogP contribution in [0.2, 0.25) is 0 Å². The summed E-state index contributed by atoms with van der Waals surface area (Å²) in [5, 5.41) is 4.98. The predicted molar refractivity (Wildman–Crippen MR) is 98.9 cm³/mol. The molecule has 0 saturated heterocycles. The predicted octanol–water partition coefficient (Wildman–Crippen LogP) is 2.57. The van der Waals surface area contributed by atoms with Gasteiger partial charge in [0.1, 0.15) is 5.65 Å². The van der Waals surface area contributed by atoms with Gasteiger partial charge in [0.2, 0.25) is 16.9 Å². The first-order chi connectivity index (χ1) is 13.1. The summed E-state index contributed by atoms with van der Waals surface area (Å²) >= 11 is 0. The fourth-order valence-electron chi connectivity index (χ4n) is 3.75. The van der Waals surface area contributed by atoms with Gasteiger partial charge >= 0.3 is 0 Å². The fourth-order valence-corrected chi connectivity index (χ4v) is 4.16. The maximum atomic E-state index is 13.4. The van der Waals surface area contributed by atoms with Gasteiger partial charge in [0.15, 0.2) is 0 Å². The van der Waals surface area contributed by atoms with E-state index >= 15 is 0 Å². The van der Waals surface area contributed by atoms with E-state index in [0.29, 0.717) is 34.2 Å². The van der Waals surface area contributed by atoms with Crippen molar-refractivity contribution < 1.29 is 8.73 Å². The summed E-state index contributed by atoms with van der Waals surface area (Å²) in [5.74, 6) is 1.25. The SMILES string of the molecule is CS(=O)c1ncc2cc(-c3noc(C4CC4)n3)c(=O)n(C3CCCC3)c2n1. The van der Waals surface area contributed by atoms with Gasteiger partial charge in [-0.25, -0.2) is 9.97 Å². The van der Waals surface area contributed by atoms with Crippen molar-refractivity contribution in [2.75, 3.05) is 6.26 Å². The van der Waals surface area contributed by atoms with Crippen LogP contribution in [0.1, 0.15) is 56.4 Å². The summed E-state index contributed by atoms with van der Waals surface area (Å²) in [6.45, 7) is 0. The highest BCUT2D eigenvalue weighted by molar-refractivity contribution is 7.84. The molecular formula is C18H19N5O3S. The molecule has 140 valence electrons. The maximum absolute atomic E-state index is 13.4. The van der Waals surface area contributed by atoms with Gasteiger partial charge in [-0.2, -0.15) is 4.98 Å². The van der Waals surface area contributed by atoms with Crippen molar-refractivity contribution in [1.82, 2.24) is 24.7 Å². The molecule has 2 fully saturated rings. The molecule has 0 spiro atoms. The van der Waals surface area contributed by atoms with Gasteiger partial charge in [-0.15, -0.1) is 0 Å². The van der Waals surface area contributed by atoms with Gasteiger partial charge in [0.05, 0.1) is 16.4 Å². The van der Waals surface area contributed by atoms with E-state index in [1.54, 1.807) is 16.8 Å². The molecule has 0 bridgehead atoms. The smallest absolute Gasteiger partial charge is 0.263 e. The Morgan fingerprint density at radius 1 is 1.19 bits per heavy atom. The van der Waals surface area contributed by atoms with E-state index in [1.165, 1.54) is 6.26 Å². The van der Waals surface area contributed by atoms with Crippen molar-refractivity contribution >= 4 is 21.8 Å². The highest BCUT2D eigenvalue weighted by Crippen LogP contribution is 2.39. The lowest BCUT2D eigenvalue weighted by Gasteiger charge is -2.17. The standard InChI is InChI=1S/C18H19N5O3S/c1-27(25)18-19-9-11-8-13(14-20-16(26-22-14)10-6-7-10)17(24)23(15(11)21-18)12-4-2-3-5-12/h8-10,12H,2-7H2,1H3. The van der Waals surface area contributed by atoms with Crippen LogP contribution in [0.15, 0.2) is 26.7 Å². The minimum atomic E-state index is -1.31. The second-order valence-corrected chi connectivity index (χ2v) is 8.56. The molecular weight excluding hydrogens is 366 g/mol. The Bertz CT molecular complexity index is 1110. The van der Waals surface area contributed by atoms with Gasteiger partial charge in [-0.3, -0.25) is 13.6 Å². The zero-order chi connectivity index (χ0) is 18.5. The Morgan fingerprint density at radius 3 is 2.67 bits per heavy atom. The summed E-state index contributed by atoms with van der Waals surface area (Å²) in [6.07, 6.45) is 9.26. The molecule has 3 aromatic rings. The maximum Gasteiger partial charge on any atom is 0.263 e. The average molecular weight is 385 g/mol. The number of nitrogens with zero attached hydrogens (tertiary/aromatic N) is 5. The van der Waals surface area contributed by atoms with E-state index in [2.05, 4.69) is 20.1 Å². The van der Waals surface area contributed by atoms with Crippen LogP contribution in [-0.4, -0.2) is 35.1 Å². The van der Waals surface area contributed by atoms with Gasteiger partial charge in [-0.05, 0) is 31.7 Å². The van der Waals surface area contributed by atoms with E-state index < -0.39 is 10.8 Å². The number of hydrogen-bond acceptors (Lipinski definition) is 7. The van der Waals surface area contributed by atoms with Gasteiger partial charge < -0.3 is 4.52 Å². The first-order valence-electron chi connectivity index (χ1n) is 9.21. The molecule has 8 nitrogen and oxygen atoms in total. The number of aromatic nitrogens is 5. The first kappa shape index (κ1) is 16.7. The zero-order valence-corrected chi connectivity index (χ0v) is 15.7. The second kappa shape index (κ2) is 6.33. The molecule has 3 aromatic heterocycles. The van der Waals surface area contributed by atoms with E-state index in [0.717, 1.165) is 38.5 Å². The number of hydrogen-bond donors (Lipinski definition) is 0. The van der Waals surface area contributed by atoms with Gasteiger partial charge in [-0.1, -0.05) is 18.0 Å². The second-order valence-electron chi connectivity index (χ2n) is 7.29. The molecule has 2 aliphatic carbocycles. The average Bonchev–Trinajstić information content (AvgIpc) is 3.17. The zero-order valence-electron chi connectivity index (χ0n) is 14.9. The van der Waals surface area contributed by atoms with E-state index in [9.17, 15) is 9.00 Å². The van der Waals surface area contributed by atoms with Crippen molar-refractivity contribution in [3.8, 4) is 11.4 Å². The van der Waals surface area contributed by atoms with Crippen LogP contribution in [0.3, 0.4) is 0 Å². The molecule has 0 radical (unpaired) electrons. The summed E-state index contributed by atoms with van der Waals surface area (Å²) < 4.78 is 18.9. The molecule has 3 heterocycles. The third kappa shape index (κ3) is 2.90. The third-order valence-electron chi connectivity index (χ3n) is 5.31. The molecule has 0 N–H and O–H groups in total. The van der Waals surface area contributed by atoms with Crippen LogP contribution in [0, 0.1) is 0 Å². The van der Waals surface area contributed by atoms with Crippen molar-refractivity contribution in [3.05, 3.63) is 28.5 Å². The largest absolute Gasteiger partial charge is 0.339 e.